The minimum Gasteiger partial charge on any atom is -0.0622 e. The average Bonchev–Trinajstić information content (AvgIpc) is 2.68. The highest BCUT2D eigenvalue weighted by Gasteiger charge is 2.10. The van der Waals surface area contributed by atoms with Gasteiger partial charge in [0.2, 0.25) is 0 Å². The first-order chi connectivity index (χ1) is 12.4. The molecule has 0 aromatic heterocycles. The van der Waals surface area contributed by atoms with E-state index in [1.54, 1.807) is 0 Å². The Labute approximate surface area is 152 Å². The number of rotatable bonds is 9. The molecule has 0 saturated heterocycles. The van der Waals surface area contributed by atoms with E-state index in [1.807, 2.05) is 0 Å². The Kier molecular flexibility index (Phi) is 6.88. The van der Waals surface area contributed by atoms with E-state index in [2.05, 4.69) is 91.0 Å². The van der Waals surface area contributed by atoms with Crippen molar-refractivity contribution in [1.82, 2.24) is 0 Å². The maximum absolute atomic E-state index is 2.27. The van der Waals surface area contributed by atoms with Gasteiger partial charge in [-0.2, -0.15) is 0 Å². The zero-order chi connectivity index (χ0) is 17.2. The molecule has 128 valence electrons. The molecule has 0 radical (unpaired) electrons. The topological polar surface area (TPSA) is 0 Å². The van der Waals surface area contributed by atoms with E-state index in [-0.39, 0.29) is 0 Å². The quantitative estimate of drug-likeness (QED) is 0.420. The van der Waals surface area contributed by atoms with Crippen molar-refractivity contribution in [3.63, 3.8) is 0 Å². The highest BCUT2D eigenvalue weighted by atomic mass is 14.2. The largest absolute Gasteiger partial charge is 0.0622 e. The van der Waals surface area contributed by atoms with E-state index in [1.165, 1.54) is 55.2 Å². The van der Waals surface area contributed by atoms with Crippen molar-refractivity contribution >= 4 is 0 Å². The van der Waals surface area contributed by atoms with Gasteiger partial charge in [-0.25, -0.2) is 0 Å². The smallest absolute Gasteiger partial charge is 0.0250 e. The Morgan fingerprint density at radius 3 is 1.52 bits per heavy atom. The van der Waals surface area contributed by atoms with Crippen LogP contribution in [0.3, 0.4) is 0 Å². The molecule has 0 aliphatic heterocycles. The molecule has 0 aliphatic carbocycles. The van der Waals surface area contributed by atoms with Gasteiger partial charge in [-0.05, 0) is 61.1 Å². The molecule has 0 amide bonds. The Bertz CT molecular complexity index is 701. The van der Waals surface area contributed by atoms with Crippen LogP contribution in [-0.2, 0) is 19.3 Å². The number of benzene rings is 3. The van der Waals surface area contributed by atoms with Crippen molar-refractivity contribution < 1.29 is 0 Å². The fourth-order valence-electron chi connectivity index (χ4n) is 3.55. The maximum atomic E-state index is 2.27. The fraction of sp³-hybridized carbons (Fsp3) is 0.280. The first-order valence-corrected chi connectivity index (χ1v) is 9.52. The first-order valence-electron chi connectivity index (χ1n) is 9.52. The molecule has 25 heavy (non-hydrogen) atoms. The summed E-state index contributed by atoms with van der Waals surface area (Å²) >= 11 is 0. The van der Waals surface area contributed by atoms with Gasteiger partial charge in [0.15, 0.2) is 0 Å². The summed E-state index contributed by atoms with van der Waals surface area (Å²) in [6.07, 6.45) is 7.42. The van der Waals surface area contributed by atoms with Gasteiger partial charge in [0, 0.05) is 0 Å². The van der Waals surface area contributed by atoms with Crippen LogP contribution < -0.4 is 0 Å². The molecule has 0 heteroatoms. The maximum Gasteiger partial charge on any atom is -0.0250 e. The van der Waals surface area contributed by atoms with E-state index < -0.39 is 0 Å². The van der Waals surface area contributed by atoms with Crippen molar-refractivity contribution in [2.24, 2.45) is 5.92 Å². The summed E-state index contributed by atoms with van der Waals surface area (Å²) in [5.74, 6) is 0.756. The fourth-order valence-corrected chi connectivity index (χ4v) is 3.55. The minimum absolute atomic E-state index is 0.756. The van der Waals surface area contributed by atoms with Crippen molar-refractivity contribution in [3.05, 3.63) is 108 Å². The van der Waals surface area contributed by atoms with E-state index in [9.17, 15) is 0 Å². The van der Waals surface area contributed by atoms with Crippen LogP contribution in [0.4, 0.5) is 0 Å². The SMILES string of the molecule is c1ccc(CCC[C@@H](CCc2ccccc2)Cc2ccccc2)cc1. The predicted molar refractivity (Wildman–Crippen MR) is 108 cm³/mol. The monoisotopic (exact) mass is 328 g/mol. The Balaban J connectivity index is 1.55. The van der Waals surface area contributed by atoms with E-state index in [4.69, 9.17) is 0 Å². The average molecular weight is 328 g/mol. The number of hydrogen-bond acceptors (Lipinski definition) is 0. The lowest BCUT2D eigenvalue weighted by atomic mass is 9.88. The van der Waals surface area contributed by atoms with E-state index in [0.29, 0.717) is 0 Å². The standard InChI is InChI=1S/C25H28/c1-4-11-22(12-5-1)17-10-18-25(21-24-15-8-3-9-16-24)20-19-23-13-6-2-7-14-23/h1-9,11-16,25H,10,17-21H2/t25-/m0/s1. The van der Waals surface area contributed by atoms with Crippen molar-refractivity contribution in [2.45, 2.75) is 38.5 Å². The van der Waals surface area contributed by atoms with E-state index >= 15 is 0 Å². The molecule has 0 heterocycles. The molecular formula is C25H28. The lowest BCUT2D eigenvalue weighted by molar-refractivity contribution is 0.434. The molecule has 3 rings (SSSR count). The van der Waals surface area contributed by atoms with Crippen LogP contribution in [0.1, 0.15) is 36.0 Å². The van der Waals surface area contributed by atoms with Crippen molar-refractivity contribution in [2.75, 3.05) is 0 Å². The van der Waals surface area contributed by atoms with Gasteiger partial charge < -0.3 is 0 Å². The van der Waals surface area contributed by atoms with Crippen LogP contribution >= 0.6 is 0 Å². The molecule has 0 nitrogen and oxygen atoms in total. The third-order valence-electron chi connectivity index (χ3n) is 4.97. The molecule has 0 N–H and O–H groups in total. The zero-order valence-corrected chi connectivity index (χ0v) is 15.0. The normalized spacial score (nSPS) is 12.0. The van der Waals surface area contributed by atoms with Crippen LogP contribution in [0.25, 0.3) is 0 Å². The molecule has 1 atom stereocenters. The summed E-state index contributed by atoms with van der Waals surface area (Å²) in [5, 5.41) is 0. The summed E-state index contributed by atoms with van der Waals surface area (Å²) in [5.41, 5.74) is 4.40. The van der Waals surface area contributed by atoms with Crippen LogP contribution in [0, 0.1) is 5.92 Å². The molecule has 0 fully saturated rings. The molecule has 0 aliphatic rings. The van der Waals surface area contributed by atoms with Crippen LogP contribution in [-0.4, -0.2) is 0 Å². The minimum atomic E-state index is 0.756. The molecule has 0 bridgehead atoms. The molecule has 0 saturated carbocycles. The second-order valence-electron chi connectivity index (χ2n) is 6.96. The van der Waals surface area contributed by atoms with Gasteiger partial charge in [-0.15, -0.1) is 0 Å². The van der Waals surface area contributed by atoms with Gasteiger partial charge in [0.1, 0.15) is 0 Å². The van der Waals surface area contributed by atoms with Gasteiger partial charge >= 0.3 is 0 Å². The van der Waals surface area contributed by atoms with Crippen LogP contribution in [0.15, 0.2) is 91.0 Å². The van der Waals surface area contributed by atoms with Crippen LogP contribution in [0.2, 0.25) is 0 Å². The predicted octanol–water partition coefficient (Wildman–Crippen LogP) is 6.50. The van der Waals surface area contributed by atoms with Gasteiger partial charge in [-0.1, -0.05) is 91.0 Å². The molecule has 0 unspecified atom stereocenters. The Morgan fingerprint density at radius 1 is 0.480 bits per heavy atom. The van der Waals surface area contributed by atoms with E-state index in [0.717, 1.165) is 5.92 Å². The second-order valence-corrected chi connectivity index (χ2v) is 6.96. The summed E-state index contributed by atoms with van der Waals surface area (Å²) < 4.78 is 0. The zero-order valence-electron chi connectivity index (χ0n) is 15.0. The Morgan fingerprint density at radius 2 is 0.960 bits per heavy atom. The Hall–Kier alpha value is -2.34. The molecular weight excluding hydrogens is 300 g/mol. The van der Waals surface area contributed by atoms with Gasteiger partial charge in [0.05, 0.1) is 0 Å². The van der Waals surface area contributed by atoms with Crippen molar-refractivity contribution in [1.29, 1.82) is 0 Å². The summed E-state index contributed by atoms with van der Waals surface area (Å²) in [6, 6.07) is 32.8. The lowest BCUT2D eigenvalue weighted by Gasteiger charge is -2.17. The second kappa shape index (κ2) is 9.84. The molecule has 3 aromatic carbocycles. The van der Waals surface area contributed by atoms with Crippen molar-refractivity contribution in [3.8, 4) is 0 Å². The first kappa shape index (κ1) is 17.5. The van der Waals surface area contributed by atoms with Gasteiger partial charge in [0.25, 0.3) is 0 Å². The van der Waals surface area contributed by atoms with Gasteiger partial charge in [-0.3, -0.25) is 0 Å². The third-order valence-corrected chi connectivity index (χ3v) is 4.97. The molecule has 3 aromatic rings. The number of hydrogen-bond donors (Lipinski definition) is 0. The van der Waals surface area contributed by atoms with Crippen LogP contribution in [0.5, 0.6) is 0 Å². The summed E-state index contributed by atoms with van der Waals surface area (Å²) in [7, 11) is 0. The summed E-state index contributed by atoms with van der Waals surface area (Å²) in [4.78, 5) is 0. The summed E-state index contributed by atoms with van der Waals surface area (Å²) in [6.45, 7) is 0. The highest BCUT2D eigenvalue weighted by molar-refractivity contribution is 5.17. The molecule has 0 spiro atoms. The lowest BCUT2D eigenvalue weighted by Crippen LogP contribution is -2.07. The highest BCUT2D eigenvalue weighted by Crippen LogP contribution is 2.21. The number of aryl methyl sites for hydroxylation is 2. The third kappa shape index (κ3) is 6.23.